The first-order valence-electron chi connectivity index (χ1n) is 8.94. The molecule has 0 aliphatic heterocycles. The number of hydrogen-bond acceptors (Lipinski definition) is 4. The molecule has 0 atom stereocenters. The summed E-state index contributed by atoms with van der Waals surface area (Å²) in [6.07, 6.45) is 0. The Kier molecular flexibility index (Phi) is 7.38. The first kappa shape index (κ1) is 21.7. The second kappa shape index (κ2) is 9.53. The zero-order chi connectivity index (χ0) is 19.4. The van der Waals surface area contributed by atoms with E-state index in [1.54, 1.807) is 7.11 Å². The van der Waals surface area contributed by atoms with Crippen molar-refractivity contribution in [3.63, 3.8) is 0 Å². The van der Waals surface area contributed by atoms with Crippen molar-refractivity contribution in [3.8, 4) is 28.5 Å². The molecule has 6 heteroatoms. The largest absolute Gasteiger partial charge is 0.497 e. The zero-order valence-corrected chi connectivity index (χ0v) is 17.7. The molecule has 1 heterocycles. The highest BCUT2D eigenvalue weighted by Gasteiger charge is 2.14. The summed E-state index contributed by atoms with van der Waals surface area (Å²) in [6, 6.07) is 16.3. The normalized spacial score (nSPS) is 10.6. The van der Waals surface area contributed by atoms with Crippen LogP contribution in [-0.4, -0.2) is 40.9 Å². The SMILES string of the molecule is C=C(C)Cn1nc(-c2cccc(CN(C)C)c2)nc1-c1ccc(OC)cc1.Cl. The summed E-state index contributed by atoms with van der Waals surface area (Å²) < 4.78 is 7.17. The molecule has 2 aromatic carbocycles. The van der Waals surface area contributed by atoms with Crippen LogP contribution in [0.2, 0.25) is 0 Å². The molecule has 0 aliphatic carbocycles. The van der Waals surface area contributed by atoms with Crippen LogP contribution in [0.15, 0.2) is 60.7 Å². The van der Waals surface area contributed by atoms with Crippen LogP contribution in [0.4, 0.5) is 0 Å². The highest BCUT2D eigenvalue weighted by Crippen LogP contribution is 2.25. The highest BCUT2D eigenvalue weighted by molar-refractivity contribution is 5.85. The van der Waals surface area contributed by atoms with Crippen molar-refractivity contribution >= 4 is 12.4 Å². The number of nitrogens with zero attached hydrogens (tertiary/aromatic N) is 4. The predicted molar refractivity (Wildman–Crippen MR) is 117 cm³/mol. The summed E-state index contributed by atoms with van der Waals surface area (Å²) >= 11 is 0. The van der Waals surface area contributed by atoms with Crippen LogP contribution in [0.25, 0.3) is 22.8 Å². The van der Waals surface area contributed by atoms with Crippen molar-refractivity contribution in [2.45, 2.75) is 20.0 Å². The van der Waals surface area contributed by atoms with Gasteiger partial charge in [-0.25, -0.2) is 9.67 Å². The maximum absolute atomic E-state index is 5.26. The zero-order valence-electron chi connectivity index (χ0n) is 16.8. The average Bonchev–Trinajstić information content (AvgIpc) is 3.04. The molecule has 0 fully saturated rings. The van der Waals surface area contributed by atoms with E-state index in [-0.39, 0.29) is 12.4 Å². The molecule has 3 aromatic rings. The van der Waals surface area contributed by atoms with Crippen LogP contribution in [0.5, 0.6) is 5.75 Å². The molecule has 0 saturated heterocycles. The fourth-order valence-electron chi connectivity index (χ4n) is 2.96. The number of aromatic nitrogens is 3. The van der Waals surface area contributed by atoms with Crippen LogP contribution >= 0.6 is 12.4 Å². The Balaban J connectivity index is 0.00000280. The smallest absolute Gasteiger partial charge is 0.181 e. The Hall–Kier alpha value is -2.63. The summed E-state index contributed by atoms with van der Waals surface area (Å²) in [4.78, 5) is 6.98. The molecule has 0 N–H and O–H groups in total. The second-order valence-corrected chi connectivity index (χ2v) is 7.04. The van der Waals surface area contributed by atoms with Crippen molar-refractivity contribution in [1.82, 2.24) is 19.7 Å². The monoisotopic (exact) mass is 398 g/mol. The van der Waals surface area contributed by atoms with Crippen LogP contribution in [0.3, 0.4) is 0 Å². The fraction of sp³-hybridized carbons (Fsp3) is 0.273. The van der Waals surface area contributed by atoms with E-state index >= 15 is 0 Å². The molecule has 3 rings (SSSR count). The number of methoxy groups -OCH3 is 1. The van der Waals surface area contributed by atoms with Crippen molar-refractivity contribution < 1.29 is 4.74 Å². The number of allylic oxidation sites excluding steroid dienone is 1. The quantitative estimate of drug-likeness (QED) is 0.542. The van der Waals surface area contributed by atoms with Crippen molar-refractivity contribution in [2.75, 3.05) is 21.2 Å². The van der Waals surface area contributed by atoms with Gasteiger partial charge in [-0.15, -0.1) is 12.4 Å². The van der Waals surface area contributed by atoms with Gasteiger partial charge in [-0.2, -0.15) is 5.10 Å². The molecule has 0 amide bonds. The lowest BCUT2D eigenvalue weighted by atomic mass is 10.1. The second-order valence-electron chi connectivity index (χ2n) is 7.04. The van der Waals surface area contributed by atoms with Crippen molar-refractivity contribution in [2.24, 2.45) is 0 Å². The van der Waals surface area contributed by atoms with E-state index in [0.717, 1.165) is 40.6 Å². The minimum atomic E-state index is 0. The van der Waals surface area contributed by atoms with E-state index in [4.69, 9.17) is 14.8 Å². The number of halogens is 1. The van der Waals surface area contributed by atoms with Gasteiger partial charge in [0.15, 0.2) is 11.6 Å². The first-order chi connectivity index (χ1) is 13.0. The molecule has 0 unspecified atom stereocenters. The van der Waals surface area contributed by atoms with Gasteiger partial charge in [0.1, 0.15) is 5.75 Å². The summed E-state index contributed by atoms with van der Waals surface area (Å²) in [7, 11) is 5.79. The summed E-state index contributed by atoms with van der Waals surface area (Å²) in [5.41, 5.74) is 4.28. The van der Waals surface area contributed by atoms with Crippen molar-refractivity contribution in [1.29, 1.82) is 0 Å². The molecule has 5 nitrogen and oxygen atoms in total. The van der Waals surface area contributed by atoms with E-state index in [1.807, 2.05) is 35.9 Å². The van der Waals surface area contributed by atoms with E-state index in [9.17, 15) is 0 Å². The molecule has 0 saturated carbocycles. The van der Waals surface area contributed by atoms with Gasteiger partial charge in [-0.05, 0) is 56.9 Å². The third-order valence-electron chi connectivity index (χ3n) is 4.12. The van der Waals surface area contributed by atoms with Crippen molar-refractivity contribution in [3.05, 3.63) is 66.2 Å². The lowest BCUT2D eigenvalue weighted by molar-refractivity contribution is 0.402. The van der Waals surface area contributed by atoms with E-state index in [1.165, 1.54) is 5.56 Å². The van der Waals surface area contributed by atoms with Crippen LogP contribution in [-0.2, 0) is 13.1 Å². The van der Waals surface area contributed by atoms with Crippen LogP contribution in [0, 0.1) is 0 Å². The average molecular weight is 399 g/mol. The van der Waals surface area contributed by atoms with Gasteiger partial charge in [-0.3, -0.25) is 0 Å². The lowest BCUT2D eigenvalue weighted by Crippen LogP contribution is -2.10. The topological polar surface area (TPSA) is 43.2 Å². The minimum Gasteiger partial charge on any atom is -0.497 e. The van der Waals surface area contributed by atoms with Gasteiger partial charge in [0.2, 0.25) is 0 Å². The van der Waals surface area contributed by atoms with E-state index in [0.29, 0.717) is 6.54 Å². The third-order valence-corrected chi connectivity index (χ3v) is 4.12. The Bertz CT molecular complexity index is 932. The maximum atomic E-state index is 5.26. The predicted octanol–water partition coefficient (Wildman–Crippen LogP) is 4.68. The van der Waals surface area contributed by atoms with E-state index in [2.05, 4.69) is 49.8 Å². The van der Waals surface area contributed by atoms with Gasteiger partial charge in [0, 0.05) is 17.7 Å². The maximum Gasteiger partial charge on any atom is 0.181 e. The van der Waals surface area contributed by atoms with Gasteiger partial charge < -0.3 is 9.64 Å². The summed E-state index contributed by atoms with van der Waals surface area (Å²) in [5.74, 6) is 2.37. The molecular weight excluding hydrogens is 372 g/mol. The first-order valence-corrected chi connectivity index (χ1v) is 8.94. The van der Waals surface area contributed by atoms with Crippen LogP contribution in [0.1, 0.15) is 12.5 Å². The Morgan fingerprint density at radius 1 is 1.11 bits per heavy atom. The molecule has 0 bridgehead atoms. The van der Waals surface area contributed by atoms with Crippen LogP contribution < -0.4 is 4.74 Å². The molecule has 28 heavy (non-hydrogen) atoms. The molecule has 148 valence electrons. The Morgan fingerprint density at radius 2 is 1.82 bits per heavy atom. The number of rotatable bonds is 7. The highest BCUT2D eigenvalue weighted by atomic mass is 35.5. The Morgan fingerprint density at radius 3 is 2.43 bits per heavy atom. The number of hydrogen-bond donors (Lipinski definition) is 0. The summed E-state index contributed by atoms with van der Waals surface area (Å²) in [5, 5.41) is 4.76. The molecule has 0 spiro atoms. The Labute approximate surface area is 173 Å². The standard InChI is InChI=1S/C22H26N4O.ClH/c1-16(2)14-26-22(18-9-11-20(27-5)12-10-18)23-21(24-26)19-8-6-7-17(13-19)15-25(3)4;/h6-13H,1,14-15H2,2-5H3;1H. The third kappa shape index (κ3) is 5.21. The van der Waals surface area contributed by atoms with Gasteiger partial charge in [0.05, 0.1) is 13.7 Å². The van der Waals surface area contributed by atoms with Gasteiger partial charge in [0.25, 0.3) is 0 Å². The van der Waals surface area contributed by atoms with E-state index < -0.39 is 0 Å². The summed E-state index contributed by atoms with van der Waals surface area (Å²) in [6.45, 7) is 7.54. The number of ether oxygens (including phenoxy) is 1. The lowest BCUT2D eigenvalue weighted by Gasteiger charge is -2.09. The molecule has 1 aromatic heterocycles. The molecule has 0 radical (unpaired) electrons. The van der Waals surface area contributed by atoms with Gasteiger partial charge in [-0.1, -0.05) is 30.4 Å². The molecule has 0 aliphatic rings. The minimum absolute atomic E-state index is 0. The number of benzene rings is 2. The molecular formula is C22H27ClN4O. The fourth-order valence-corrected chi connectivity index (χ4v) is 2.96. The van der Waals surface area contributed by atoms with Gasteiger partial charge >= 0.3 is 0 Å².